The molecular weight excluding hydrogens is 835 g/mol. The van der Waals surface area contributed by atoms with Crippen LogP contribution in [-0.4, -0.2) is 121 Å². The maximum atomic E-state index is 12.8. The topological polar surface area (TPSA) is 250 Å². The second-order valence-electron chi connectivity index (χ2n) is 16.7. The fraction of sp³-hybridized carbons (Fsp3) is 0.787. The lowest BCUT2D eigenvalue weighted by atomic mass is 9.85. The van der Waals surface area contributed by atoms with E-state index in [1.807, 2.05) is 6.08 Å². The van der Waals surface area contributed by atoms with E-state index in [0.29, 0.717) is 12.8 Å². The van der Waals surface area contributed by atoms with E-state index in [-0.39, 0.29) is 25.7 Å². The van der Waals surface area contributed by atoms with Crippen LogP contribution in [0.2, 0.25) is 0 Å². The molecule has 15 nitrogen and oxygen atoms in total. The minimum atomic E-state index is -5.19. The normalized spacial score (nSPS) is 23.1. The monoisotopic (exact) mass is 919 g/mol. The van der Waals surface area contributed by atoms with Crippen molar-refractivity contribution in [2.75, 3.05) is 13.2 Å². The minimum Gasteiger partial charge on any atom is -0.462 e. The molecule has 0 spiro atoms. The summed E-state index contributed by atoms with van der Waals surface area (Å²) in [5, 5.41) is 70.5. The summed E-state index contributed by atoms with van der Waals surface area (Å²) in [6, 6.07) is 0. The lowest BCUT2D eigenvalue weighted by Crippen LogP contribution is -2.64. The number of allylic oxidation sites excluding steroid dienone is 5. The molecule has 16 heteroatoms. The molecule has 0 saturated heterocycles. The Labute approximate surface area is 376 Å². The van der Waals surface area contributed by atoms with Gasteiger partial charge in [0.2, 0.25) is 0 Å². The van der Waals surface area contributed by atoms with E-state index in [2.05, 4.69) is 19.9 Å². The van der Waals surface area contributed by atoms with E-state index in [0.717, 1.165) is 38.5 Å². The highest BCUT2D eigenvalue weighted by atomic mass is 31.2. The predicted molar refractivity (Wildman–Crippen MR) is 242 cm³/mol. The molecule has 1 fully saturated rings. The highest BCUT2D eigenvalue weighted by Gasteiger charge is 2.51. The van der Waals surface area contributed by atoms with Crippen molar-refractivity contribution in [1.29, 1.82) is 0 Å². The SMILES string of the molecule is CCCCC/C=C/CC(O)/C=C/C=C/C=C/C(O)CCCC(=O)OC(COC(=O)CCCCCCCCCCCCCCCCC)COP(=O)(O)OC1C(O)C(O)C(O)C(O)C1O. The van der Waals surface area contributed by atoms with Gasteiger partial charge < -0.3 is 50.1 Å². The van der Waals surface area contributed by atoms with Crippen molar-refractivity contribution in [1.82, 2.24) is 0 Å². The van der Waals surface area contributed by atoms with Gasteiger partial charge in [-0.15, -0.1) is 0 Å². The second kappa shape index (κ2) is 36.9. The number of unbranched alkanes of at least 4 members (excludes halogenated alkanes) is 17. The molecule has 1 aliphatic rings. The number of hydrogen-bond donors (Lipinski definition) is 8. The van der Waals surface area contributed by atoms with Crippen molar-refractivity contribution in [2.45, 2.75) is 223 Å². The van der Waals surface area contributed by atoms with Crippen LogP contribution in [0.5, 0.6) is 0 Å². The zero-order chi connectivity index (χ0) is 46.7. The van der Waals surface area contributed by atoms with Crippen LogP contribution < -0.4 is 0 Å². The van der Waals surface area contributed by atoms with E-state index < -0.39 is 87.9 Å². The lowest BCUT2D eigenvalue weighted by Gasteiger charge is -2.41. The largest absolute Gasteiger partial charge is 0.472 e. The molecule has 0 heterocycles. The molecular formula is C47H83O15P. The Kier molecular flexibility index (Phi) is 34.4. The van der Waals surface area contributed by atoms with Gasteiger partial charge in [-0.1, -0.05) is 165 Å². The molecule has 1 aliphatic carbocycles. The maximum Gasteiger partial charge on any atom is 0.472 e. The van der Waals surface area contributed by atoms with Crippen molar-refractivity contribution < 1.29 is 73.3 Å². The van der Waals surface area contributed by atoms with Gasteiger partial charge in [-0.25, -0.2) is 4.57 Å². The Morgan fingerprint density at radius 2 is 1.05 bits per heavy atom. The van der Waals surface area contributed by atoms with Crippen molar-refractivity contribution in [3.05, 3.63) is 48.6 Å². The number of esters is 2. The molecule has 1 rings (SSSR count). The number of aliphatic hydroxyl groups is 7. The molecule has 8 unspecified atom stereocenters. The van der Waals surface area contributed by atoms with Gasteiger partial charge in [0.05, 0.1) is 18.8 Å². The standard InChI is InChI=1S/C47H83O15P/c1-3-5-7-9-11-12-13-14-15-16-17-18-19-21-27-33-40(50)59-35-39(36-60-63(57,58)62-47-45(55)43(53)42(52)44(54)46(47)56)61-41(51)34-28-32-38(49)31-26-23-22-25-30-37(48)29-24-20-10-8-6-4-2/h20,22-26,30-31,37-39,42-49,52-56H,3-19,21,27-29,32-36H2,1-2H3,(H,57,58)/b23-22+,24-20+,30-25+,31-26+. The third kappa shape index (κ3) is 29.8. The predicted octanol–water partition coefficient (Wildman–Crippen LogP) is 7.11. The summed E-state index contributed by atoms with van der Waals surface area (Å²) in [7, 11) is -5.19. The van der Waals surface area contributed by atoms with Gasteiger partial charge in [0, 0.05) is 12.8 Å². The first-order valence-corrected chi connectivity index (χ1v) is 25.2. The number of hydrogen-bond acceptors (Lipinski definition) is 14. The number of phosphoric acid groups is 1. The van der Waals surface area contributed by atoms with Crippen LogP contribution >= 0.6 is 7.82 Å². The molecule has 8 atom stereocenters. The highest BCUT2D eigenvalue weighted by molar-refractivity contribution is 7.47. The van der Waals surface area contributed by atoms with Crippen molar-refractivity contribution in [3.63, 3.8) is 0 Å². The summed E-state index contributed by atoms with van der Waals surface area (Å²) in [4.78, 5) is 35.7. The van der Waals surface area contributed by atoms with E-state index in [4.69, 9.17) is 18.5 Å². The summed E-state index contributed by atoms with van der Waals surface area (Å²) in [6.45, 7) is 3.04. The number of carbonyl (C=O) groups excluding carboxylic acids is 2. The molecule has 8 N–H and O–H groups in total. The molecule has 0 amide bonds. The summed E-state index contributed by atoms with van der Waals surface area (Å²) in [6.07, 6.45) is 22.0. The van der Waals surface area contributed by atoms with E-state index in [9.17, 15) is 54.8 Å². The number of aliphatic hydroxyl groups excluding tert-OH is 7. The highest BCUT2D eigenvalue weighted by Crippen LogP contribution is 2.47. The number of ether oxygens (including phenoxy) is 2. The Hall–Kier alpha value is -2.27. The van der Waals surface area contributed by atoms with Gasteiger partial charge in [0.15, 0.2) is 6.10 Å². The van der Waals surface area contributed by atoms with Crippen LogP contribution in [0.4, 0.5) is 0 Å². The number of phosphoric ester groups is 1. The Morgan fingerprint density at radius 1 is 0.571 bits per heavy atom. The van der Waals surface area contributed by atoms with Crippen LogP contribution in [0.3, 0.4) is 0 Å². The summed E-state index contributed by atoms with van der Waals surface area (Å²) in [5.74, 6) is -1.34. The smallest absolute Gasteiger partial charge is 0.462 e. The van der Waals surface area contributed by atoms with Crippen LogP contribution in [0.1, 0.15) is 168 Å². The molecule has 0 aromatic rings. The molecule has 0 radical (unpaired) electrons. The number of rotatable bonds is 38. The molecule has 0 aromatic carbocycles. The molecule has 0 bridgehead atoms. The lowest BCUT2D eigenvalue weighted by molar-refractivity contribution is -0.220. The summed E-state index contributed by atoms with van der Waals surface area (Å²) in [5.41, 5.74) is 0. The quantitative estimate of drug-likeness (QED) is 0.0101. The Bertz CT molecular complexity index is 1320. The van der Waals surface area contributed by atoms with Gasteiger partial charge >= 0.3 is 19.8 Å². The molecule has 63 heavy (non-hydrogen) atoms. The van der Waals surface area contributed by atoms with Crippen LogP contribution in [0.15, 0.2) is 48.6 Å². The molecule has 0 aromatic heterocycles. The number of carbonyl (C=O) groups is 2. The Balaban J connectivity index is 2.58. The van der Waals surface area contributed by atoms with Crippen LogP contribution in [0, 0.1) is 0 Å². The van der Waals surface area contributed by atoms with E-state index >= 15 is 0 Å². The second-order valence-corrected chi connectivity index (χ2v) is 18.1. The van der Waals surface area contributed by atoms with Crippen molar-refractivity contribution in [2.24, 2.45) is 0 Å². The van der Waals surface area contributed by atoms with E-state index in [1.54, 1.807) is 30.4 Å². The summed E-state index contributed by atoms with van der Waals surface area (Å²) < 4.78 is 33.3. The third-order valence-electron chi connectivity index (χ3n) is 10.9. The first-order chi connectivity index (χ1) is 30.2. The van der Waals surface area contributed by atoms with Crippen LogP contribution in [0.25, 0.3) is 0 Å². The zero-order valence-corrected chi connectivity index (χ0v) is 39.0. The van der Waals surface area contributed by atoms with Crippen LogP contribution in [-0.2, 0) is 32.7 Å². The van der Waals surface area contributed by atoms with Gasteiger partial charge in [-0.2, -0.15) is 0 Å². The van der Waals surface area contributed by atoms with Gasteiger partial charge in [0.25, 0.3) is 0 Å². The first kappa shape index (κ1) is 58.7. The average molecular weight is 919 g/mol. The fourth-order valence-corrected chi connectivity index (χ4v) is 7.92. The molecule has 0 aliphatic heterocycles. The average Bonchev–Trinajstić information content (AvgIpc) is 3.25. The van der Waals surface area contributed by atoms with Gasteiger partial charge in [-0.05, 0) is 38.5 Å². The van der Waals surface area contributed by atoms with E-state index in [1.165, 1.54) is 83.1 Å². The maximum absolute atomic E-state index is 12.8. The van der Waals surface area contributed by atoms with Crippen molar-refractivity contribution in [3.8, 4) is 0 Å². The fourth-order valence-electron chi connectivity index (χ4n) is 6.95. The molecule has 366 valence electrons. The van der Waals surface area contributed by atoms with Gasteiger partial charge in [0.1, 0.15) is 43.2 Å². The summed E-state index contributed by atoms with van der Waals surface area (Å²) >= 11 is 0. The Morgan fingerprint density at radius 3 is 1.60 bits per heavy atom. The molecule has 1 saturated carbocycles. The first-order valence-electron chi connectivity index (χ1n) is 23.7. The zero-order valence-electron chi connectivity index (χ0n) is 38.1. The van der Waals surface area contributed by atoms with Gasteiger partial charge in [-0.3, -0.25) is 18.6 Å². The van der Waals surface area contributed by atoms with Crippen molar-refractivity contribution >= 4 is 19.8 Å². The third-order valence-corrected chi connectivity index (χ3v) is 11.8. The minimum absolute atomic E-state index is 0.116.